The lowest BCUT2D eigenvalue weighted by Gasteiger charge is -2.43. The van der Waals surface area contributed by atoms with Gasteiger partial charge in [0, 0.05) is 13.1 Å². The van der Waals surface area contributed by atoms with Gasteiger partial charge in [0.05, 0.1) is 18.7 Å². The van der Waals surface area contributed by atoms with Crippen molar-refractivity contribution in [3.05, 3.63) is 35.1 Å². The number of benzene rings is 1. The maximum atomic E-state index is 13.6. The molecule has 2 N–H and O–H groups in total. The van der Waals surface area contributed by atoms with Crippen molar-refractivity contribution in [1.29, 1.82) is 0 Å². The Morgan fingerprint density at radius 2 is 2.12 bits per heavy atom. The van der Waals surface area contributed by atoms with Crippen molar-refractivity contribution in [1.82, 2.24) is 10.2 Å². The van der Waals surface area contributed by atoms with Crippen LogP contribution in [0.3, 0.4) is 0 Å². The fraction of sp³-hybridized carbons (Fsp3) is 0.650. The molecule has 1 aliphatic heterocycles. The SMILES string of the molecule is C[C@@H](O)CNCC(=O)N1CCc2cc(F)ccc2C1C1CCCCC1. The zero-order chi connectivity index (χ0) is 17.8. The lowest BCUT2D eigenvalue weighted by Crippen LogP contribution is -2.47. The van der Waals surface area contributed by atoms with E-state index in [-0.39, 0.29) is 24.3 Å². The Labute approximate surface area is 149 Å². The molecule has 1 saturated carbocycles. The molecule has 1 unspecified atom stereocenters. The van der Waals surface area contributed by atoms with Crippen LogP contribution in [0.1, 0.15) is 56.2 Å². The van der Waals surface area contributed by atoms with Crippen molar-refractivity contribution < 1.29 is 14.3 Å². The molecule has 0 aromatic heterocycles. The smallest absolute Gasteiger partial charge is 0.237 e. The largest absolute Gasteiger partial charge is 0.392 e. The summed E-state index contributed by atoms with van der Waals surface area (Å²) in [7, 11) is 0. The van der Waals surface area contributed by atoms with E-state index in [0.29, 0.717) is 25.4 Å². The summed E-state index contributed by atoms with van der Waals surface area (Å²) in [6.07, 6.45) is 6.19. The van der Waals surface area contributed by atoms with Gasteiger partial charge >= 0.3 is 0 Å². The minimum atomic E-state index is -0.466. The van der Waals surface area contributed by atoms with Gasteiger partial charge in [-0.15, -0.1) is 0 Å². The molecule has 2 atom stereocenters. The number of carbonyl (C=O) groups is 1. The number of aliphatic hydroxyl groups is 1. The van der Waals surface area contributed by atoms with Crippen LogP contribution < -0.4 is 5.32 Å². The van der Waals surface area contributed by atoms with Gasteiger partial charge in [-0.3, -0.25) is 4.79 Å². The highest BCUT2D eigenvalue weighted by molar-refractivity contribution is 5.79. The van der Waals surface area contributed by atoms with E-state index in [0.717, 1.165) is 24.0 Å². The Balaban J connectivity index is 1.81. The van der Waals surface area contributed by atoms with Crippen molar-refractivity contribution in [2.75, 3.05) is 19.6 Å². The second-order valence-electron chi connectivity index (χ2n) is 7.50. The number of hydrogen-bond donors (Lipinski definition) is 2. The van der Waals surface area contributed by atoms with E-state index in [1.54, 1.807) is 13.0 Å². The molecule has 4 nitrogen and oxygen atoms in total. The number of fused-ring (bicyclic) bond motifs is 1. The number of rotatable bonds is 5. The Bertz CT molecular complexity index is 599. The average Bonchev–Trinajstić information content (AvgIpc) is 2.60. The van der Waals surface area contributed by atoms with Crippen molar-refractivity contribution in [2.24, 2.45) is 5.92 Å². The minimum Gasteiger partial charge on any atom is -0.392 e. The number of halogens is 1. The second-order valence-corrected chi connectivity index (χ2v) is 7.50. The van der Waals surface area contributed by atoms with Gasteiger partial charge in [0.2, 0.25) is 5.91 Å². The van der Waals surface area contributed by atoms with Gasteiger partial charge < -0.3 is 15.3 Å². The molecule has 1 aromatic rings. The highest BCUT2D eigenvalue weighted by Gasteiger charge is 2.36. The van der Waals surface area contributed by atoms with Crippen LogP contribution in [-0.2, 0) is 11.2 Å². The van der Waals surface area contributed by atoms with E-state index >= 15 is 0 Å². The van der Waals surface area contributed by atoms with Gasteiger partial charge in [0.1, 0.15) is 5.82 Å². The Kier molecular flexibility index (Phi) is 6.07. The first-order valence-electron chi connectivity index (χ1n) is 9.53. The maximum Gasteiger partial charge on any atom is 0.237 e. The third-order valence-electron chi connectivity index (χ3n) is 5.51. The molecule has 0 radical (unpaired) electrons. The van der Waals surface area contributed by atoms with E-state index in [4.69, 9.17) is 0 Å². The van der Waals surface area contributed by atoms with Gasteiger partial charge in [-0.2, -0.15) is 0 Å². The molecule has 1 heterocycles. The van der Waals surface area contributed by atoms with Crippen LogP contribution in [0.4, 0.5) is 4.39 Å². The zero-order valence-corrected chi connectivity index (χ0v) is 15.0. The number of nitrogens with one attached hydrogen (secondary N) is 1. The molecule has 2 aliphatic rings. The fourth-order valence-electron chi connectivity index (χ4n) is 4.35. The van der Waals surface area contributed by atoms with Crippen molar-refractivity contribution in [3.8, 4) is 0 Å². The monoisotopic (exact) mass is 348 g/mol. The van der Waals surface area contributed by atoms with Crippen LogP contribution in [0.5, 0.6) is 0 Å². The zero-order valence-electron chi connectivity index (χ0n) is 15.0. The highest BCUT2D eigenvalue weighted by Crippen LogP contribution is 2.42. The third kappa shape index (κ3) is 4.39. The summed E-state index contributed by atoms with van der Waals surface area (Å²) in [6.45, 7) is 3.00. The molecule has 1 aromatic carbocycles. The first kappa shape index (κ1) is 18.3. The van der Waals surface area contributed by atoms with E-state index in [9.17, 15) is 14.3 Å². The number of nitrogens with zero attached hydrogens (tertiary/aromatic N) is 1. The van der Waals surface area contributed by atoms with E-state index in [1.807, 2.05) is 11.0 Å². The summed E-state index contributed by atoms with van der Waals surface area (Å²) in [5.74, 6) is 0.338. The Morgan fingerprint density at radius 1 is 1.36 bits per heavy atom. The number of amides is 1. The lowest BCUT2D eigenvalue weighted by molar-refractivity contribution is -0.134. The van der Waals surface area contributed by atoms with Crippen molar-refractivity contribution >= 4 is 5.91 Å². The van der Waals surface area contributed by atoms with Gasteiger partial charge in [0.25, 0.3) is 0 Å². The predicted molar refractivity (Wildman–Crippen MR) is 95.7 cm³/mol. The Morgan fingerprint density at radius 3 is 2.84 bits per heavy atom. The minimum absolute atomic E-state index is 0.0606. The molecule has 138 valence electrons. The highest BCUT2D eigenvalue weighted by atomic mass is 19.1. The maximum absolute atomic E-state index is 13.6. The normalized spacial score (nSPS) is 22.5. The number of hydrogen-bond acceptors (Lipinski definition) is 3. The van der Waals surface area contributed by atoms with Crippen LogP contribution in [0, 0.1) is 11.7 Å². The predicted octanol–water partition coefficient (Wildman–Crippen LogP) is 2.80. The van der Waals surface area contributed by atoms with Gasteiger partial charge in [-0.05, 0) is 55.4 Å². The van der Waals surface area contributed by atoms with Gasteiger partial charge in [-0.25, -0.2) is 4.39 Å². The average molecular weight is 348 g/mol. The summed E-state index contributed by atoms with van der Waals surface area (Å²) >= 11 is 0. The topological polar surface area (TPSA) is 52.6 Å². The summed E-state index contributed by atoms with van der Waals surface area (Å²) in [4.78, 5) is 14.8. The van der Waals surface area contributed by atoms with E-state index in [2.05, 4.69) is 5.32 Å². The number of carbonyl (C=O) groups excluding carboxylic acids is 1. The Hall–Kier alpha value is -1.46. The first-order valence-corrected chi connectivity index (χ1v) is 9.53. The summed E-state index contributed by atoms with van der Waals surface area (Å²) in [6, 6.07) is 5.10. The van der Waals surface area contributed by atoms with Crippen LogP contribution in [0.2, 0.25) is 0 Å². The number of aliphatic hydroxyl groups excluding tert-OH is 1. The van der Waals surface area contributed by atoms with Crippen LogP contribution in [0.25, 0.3) is 0 Å². The van der Waals surface area contributed by atoms with Gasteiger partial charge in [-0.1, -0.05) is 25.3 Å². The summed E-state index contributed by atoms with van der Waals surface area (Å²) in [5.41, 5.74) is 2.18. The molecule has 0 saturated heterocycles. The van der Waals surface area contributed by atoms with E-state index < -0.39 is 6.10 Å². The molecule has 0 bridgehead atoms. The van der Waals surface area contributed by atoms with Crippen molar-refractivity contribution in [2.45, 2.75) is 57.6 Å². The standard InChI is InChI=1S/C20H29FN2O2/c1-14(24)12-22-13-19(25)23-10-9-16-11-17(21)7-8-18(16)20(23)15-5-3-2-4-6-15/h7-8,11,14-15,20,22,24H,2-6,9-10,12-13H2,1H3/t14-,20?/m1/s1. The van der Waals surface area contributed by atoms with Crippen LogP contribution >= 0.6 is 0 Å². The van der Waals surface area contributed by atoms with Crippen molar-refractivity contribution in [3.63, 3.8) is 0 Å². The van der Waals surface area contributed by atoms with Crippen LogP contribution in [0.15, 0.2) is 18.2 Å². The molecule has 1 fully saturated rings. The molecular weight excluding hydrogens is 319 g/mol. The van der Waals surface area contributed by atoms with E-state index in [1.165, 1.54) is 25.3 Å². The molecule has 25 heavy (non-hydrogen) atoms. The van der Waals surface area contributed by atoms with Gasteiger partial charge in [0.15, 0.2) is 0 Å². The fourth-order valence-corrected chi connectivity index (χ4v) is 4.35. The molecule has 3 rings (SSSR count). The lowest BCUT2D eigenvalue weighted by atomic mass is 9.77. The third-order valence-corrected chi connectivity index (χ3v) is 5.51. The first-order chi connectivity index (χ1) is 12.1. The quantitative estimate of drug-likeness (QED) is 0.860. The molecular formula is C20H29FN2O2. The summed E-state index contributed by atoms with van der Waals surface area (Å²) in [5, 5.41) is 12.4. The van der Waals surface area contributed by atoms with Crippen LogP contribution in [-0.4, -0.2) is 41.7 Å². The molecule has 1 amide bonds. The summed E-state index contributed by atoms with van der Waals surface area (Å²) < 4.78 is 13.6. The molecule has 1 aliphatic carbocycles. The molecule has 0 spiro atoms. The second kappa shape index (κ2) is 8.28. The molecule has 5 heteroatoms.